The van der Waals surface area contributed by atoms with Gasteiger partial charge in [-0.2, -0.15) is 12.6 Å². The molecule has 0 aliphatic carbocycles. The summed E-state index contributed by atoms with van der Waals surface area (Å²) in [7, 11) is 1.53. The summed E-state index contributed by atoms with van der Waals surface area (Å²) in [5, 5.41) is -0.338. The summed E-state index contributed by atoms with van der Waals surface area (Å²) in [5.74, 6) is -0.300. The van der Waals surface area contributed by atoms with Crippen LogP contribution in [0.3, 0.4) is 0 Å². The Morgan fingerprint density at radius 1 is 1.46 bits per heavy atom. The van der Waals surface area contributed by atoms with E-state index in [-0.39, 0.29) is 11.2 Å². The predicted molar refractivity (Wildman–Crippen MR) is 54.9 cm³/mol. The van der Waals surface area contributed by atoms with Crippen molar-refractivity contribution < 1.29 is 14.3 Å². The van der Waals surface area contributed by atoms with Gasteiger partial charge in [-0.3, -0.25) is 4.79 Å². The molecular weight excluding hydrogens is 188 g/mol. The Labute approximate surface area is 85.2 Å². The standard InChI is InChI=1S/C9H18O3S/c1-4-6-8(11-3)12-9(10)7(13)5-2/h7-8,13H,4-6H2,1-3H3. The molecule has 13 heavy (non-hydrogen) atoms. The molecule has 0 aliphatic heterocycles. The Morgan fingerprint density at radius 2 is 2.08 bits per heavy atom. The third kappa shape index (κ3) is 5.16. The average molecular weight is 206 g/mol. The number of thiol groups is 1. The van der Waals surface area contributed by atoms with Crippen LogP contribution in [0.15, 0.2) is 0 Å². The van der Waals surface area contributed by atoms with Crippen LogP contribution in [0.25, 0.3) is 0 Å². The lowest BCUT2D eigenvalue weighted by molar-refractivity contribution is -0.173. The smallest absolute Gasteiger partial charge is 0.321 e. The minimum absolute atomic E-state index is 0.300. The van der Waals surface area contributed by atoms with Crippen LogP contribution in [0.1, 0.15) is 33.1 Å². The topological polar surface area (TPSA) is 35.5 Å². The van der Waals surface area contributed by atoms with Gasteiger partial charge in [0.05, 0.1) is 5.25 Å². The molecule has 0 rings (SSSR count). The molecule has 0 spiro atoms. The summed E-state index contributed by atoms with van der Waals surface area (Å²) in [6.07, 6.45) is 1.91. The molecule has 0 bridgehead atoms. The van der Waals surface area contributed by atoms with E-state index in [2.05, 4.69) is 12.6 Å². The molecule has 0 radical (unpaired) electrons. The van der Waals surface area contributed by atoms with Gasteiger partial charge in [-0.1, -0.05) is 20.3 Å². The molecule has 2 unspecified atom stereocenters. The Kier molecular flexibility index (Phi) is 7.09. The van der Waals surface area contributed by atoms with Gasteiger partial charge in [0.1, 0.15) is 0 Å². The number of esters is 1. The Balaban J connectivity index is 3.85. The number of carbonyl (C=O) groups is 1. The van der Waals surface area contributed by atoms with Gasteiger partial charge in [0.15, 0.2) is 0 Å². The number of rotatable bonds is 6. The SMILES string of the molecule is CCCC(OC)OC(=O)C(S)CC. The normalized spacial score (nSPS) is 15.1. The van der Waals surface area contributed by atoms with Crippen molar-refractivity contribution in [2.45, 2.75) is 44.6 Å². The third-order valence-electron chi connectivity index (χ3n) is 1.69. The van der Waals surface area contributed by atoms with Gasteiger partial charge in [-0.15, -0.1) is 0 Å². The first-order valence-electron chi connectivity index (χ1n) is 4.57. The molecule has 2 atom stereocenters. The van der Waals surface area contributed by atoms with E-state index in [0.717, 1.165) is 12.8 Å². The van der Waals surface area contributed by atoms with Gasteiger partial charge in [0, 0.05) is 13.5 Å². The second kappa shape index (κ2) is 7.21. The lowest BCUT2D eigenvalue weighted by atomic mass is 10.3. The van der Waals surface area contributed by atoms with E-state index in [1.165, 1.54) is 7.11 Å². The van der Waals surface area contributed by atoms with Gasteiger partial charge in [-0.25, -0.2) is 0 Å². The van der Waals surface area contributed by atoms with E-state index in [1.54, 1.807) is 0 Å². The first-order valence-corrected chi connectivity index (χ1v) is 5.08. The van der Waals surface area contributed by atoms with E-state index in [1.807, 2.05) is 13.8 Å². The maximum atomic E-state index is 11.2. The van der Waals surface area contributed by atoms with Crippen LogP contribution in [-0.4, -0.2) is 24.6 Å². The Hall–Kier alpha value is -0.220. The average Bonchev–Trinajstić information content (AvgIpc) is 2.15. The summed E-state index contributed by atoms with van der Waals surface area (Å²) < 4.78 is 10.0. The van der Waals surface area contributed by atoms with Crippen molar-refractivity contribution in [3.63, 3.8) is 0 Å². The van der Waals surface area contributed by atoms with Crippen molar-refractivity contribution in [2.75, 3.05) is 7.11 Å². The van der Waals surface area contributed by atoms with Crippen molar-refractivity contribution in [1.82, 2.24) is 0 Å². The summed E-state index contributed by atoms with van der Waals surface area (Å²) in [5.41, 5.74) is 0. The summed E-state index contributed by atoms with van der Waals surface area (Å²) >= 11 is 4.08. The molecule has 0 aromatic heterocycles. The minimum Gasteiger partial charge on any atom is -0.435 e. The molecule has 3 nitrogen and oxygen atoms in total. The summed E-state index contributed by atoms with van der Waals surface area (Å²) in [6.45, 7) is 3.90. The van der Waals surface area contributed by atoms with Crippen LogP contribution in [-0.2, 0) is 14.3 Å². The van der Waals surface area contributed by atoms with Crippen LogP contribution in [0.4, 0.5) is 0 Å². The fourth-order valence-corrected chi connectivity index (χ4v) is 0.896. The molecule has 0 saturated carbocycles. The number of methoxy groups -OCH3 is 1. The fraction of sp³-hybridized carbons (Fsp3) is 0.889. The molecule has 0 aliphatic rings. The van der Waals surface area contributed by atoms with Crippen molar-refractivity contribution in [3.8, 4) is 0 Å². The number of ether oxygens (including phenoxy) is 2. The molecule has 0 N–H and O–H groups in total. The van der Waals surface area contributed by atoms with Crippen molar-refractivity contribution in [1.29, 1.82) is 0 Å². The van der Waals surface area contributed by atoms with Crippen LogP contribution in [0.5, 0.6) is 0 Å². The molecule has 0 fully saturated rings. The van der Waals surface area contributed by atoms with Crippen molar-refractivity contribution in [3.05, 3.63) is 0 Å². The molecule has 0 amide bonds. The maximum absolute atomic E-state index is 11.2. The van der Waals surface area contributed by atoms with Gasteiger partial charge < -0.3 is 9.47 Å². The fourth-order valence-electron chi connectivity index (χ4n) is 0.835. The molecule has 0 saturated heterocycles. The number of hydrogen-bond acceptors (Lipinski definition) is 4. The monoisotopic (exact) mass is 206 g/mol. The molecule has 0 heterocycles. The molecule has 0 aromatic carbocycles. The first kappa shape index (κ1) is 12.8. The van der Waals surface area contributed by atoms with E-state index < -0.39 is 6.29 Å². The molecule has 0 aromatic rings. The van der Waals surface area contributed by atoms with E-state index in [4.69, 9.17) is 9.47 Å². The van der Waals surface area contributed by atoms with Crippen LogP contribution in [0.2, 0.25) is 0 Å². The quantitative estimate of drug-likeness (QED) is 0.410. The lowest BCUT2D eigenvalue weighted by Gasteiger charge is -2.17. The third-order valence-corrected chi connectivity index (χ3v) is 2.27. The Morgan fingerprint density at radius 3 is 2.46 bits per heavy atom. The summed E-state index contributed by atoms with van der Waals surface area (Å²) in [6, 6.07) is 0. The maximum Gasteiger partial charge on any atom is 0.321 e. The van der Waals surface area contributed by atoms with Gasteiger partial charge >= 0.3 is 5.97 Å². The number of carbonyl (C=O) groups excluding carboxylic acids is 1. The highest BCUT2D eigenvalue weighted by molar-refractivity contribution is 7.81. The zero-order chi connectivity index (χ0) is 10.3. The largest absolute Gasteiger partial charge is 0.435 e. The van der Waals surface area contributed by atoms with E-state index in [0.29, 0.717) is 6.42 Å². The van der Waals surface area contributed by atoms with Gasteiger partial charge in [-0.05, 0) is 6.42 Å². The molecule has 78 valence electrons. The first-order chi connectivity index (χ1) is 6.15. The minimum atomic E-state index is -0.418. The molecule has 4 heteroatoms. The van der Waals surface area contributed by atoms with Crippen LogP contribution < -0.4 is 0 Å². The highest BCUT2D eigenvalue weighted by atomic mass is 32.1. The Bertz CT molecular complexity index is 150. The van der Waals surface area contributed by atoms with Crippen molar-refractivity contribution >= 4 is 18.6 Å². The van der Waals surface area contributed by atoms with Crippen molar-refractivity contribution in [2.24, 2.45) is 0 Å². The second-order valence-electron chi connectivity index (χ2n) is 2.81. The molecular formula is C9H18O3S. The lowest BCUT2D eigenvalue weighted by Crippen LogP contribution is -2.25. The zero-order valence-corrected chi connectivity index (χ0v) is 9.34. The highest BCUT2D eigenvalue weighted by Gasteiger charge is 2.17. The van der Waals surface area contributed by atoms with Gasteiger partial charge in [0.2, 0.25) is 6.29 Å². The second-order valence-corrected chi connectivity index (χ2v) is 3.44. The predicted octanol–water partition coefficient (Wildman–Crippen LogP) is 2.01. The van der Waals surface area contributed by atoms with Crippen LogP contribution in [0, 0.1) is 0 Å². The van der Waals surface area contributed by atoms with Gasteiger partial charge in [0.25, 0.3) is 0 Å². The number of hydrogen-bond donors (Lipinski definition) is 1. The van der Waals surface area contributed by atoms with E-state index in [9.17, 15) is 4.79 Å². The summed E-state index contributed by atoms with van der Waals surface area (Å²) in [4.78, 5) is 11.2. The van der Waals surface area contributed by atoms with E-state index >= 15 is 0 Å². The zero-order valence-electron chi connectivity index (χ0n) is 8.45. The van der Waals surface area contributed by atoms with Crippen LogP contribution >= 0.6 is 12.6 Å². The highest BCUT2D eigenvalue weighted by Crippen LogP contribution is 2.09.